The van der Waals surface area contributed by atoms with E-state index in [1.165, 1.54) is 5.19 Å². The number of hydrogen-bond acceptors (Lipinski definition) is 2. The number of benzene rings is 2. The van der Waals surface area contributed by atoms with Crippen molar-refractivity contribution in [3.05, 3.63) is 77.5 Å². The molecule has 1 heterocycles. The van der Waals surface area contributed by atoms with Gasteiger partial charge in [-0.1, -0.05) is 84.6 Å². The van der Waals surface area contributed by atoms with Crippen LogP contribution in [0.15, 0.2) is 71.9 Å². The predicted molar refractivity (Wildman–Crippen MR) is 91.5 cm³/mol. The van der Waals surface area contributed by atoms with Crippen molar-refractivity contribution in [2.45, 2.75) is 25.6 Å². The minimum Gasteiger partial charge on any atom is -0.446 e. The minimum absolute atomic E-state index is 0.192. The summed E-state index contributed by atoms with van der Waals surface area (Å²) in [4.78, 5) is 12.1. The van der Waals surface area contributed by atoms with E-state index in [1.54, 1.807) is 0 Å². The van der Waals surface area contributed by atoms with Crippen LogP contribution >= 0.6 is 0 Å². The molecule has 1 atom stereocenters. The molecule has 1 saturated heterocycles. The van der Waals surface area contributed by atoms with Crippen molar-refractivity contribution in [2.75, 3.05) is 0 Å². The molecule has 0 aliphatic carbocycles. The quantitative estimate of drug-likeness (QED) is 0.492. The molecule has 2 aromatic rings. The summed E-state index contributed by atoms with van der Waals surface area (Å²) in [5.41, 5.74) is 3.39. The average Bonchev–Trinajstić information content (AvgIpc) is 2.54. The van der Waals surface area contributed by atoms with Gasteiger partial charge in [0.2, 0.25) is 0 Å². The smallest absolute Gasteiger partial charge is 0.338 e. The highest BCUT2D eigenvalue weighted by Gasteiger charge is 2.50. The molecule has 1 aliphatic heterocycles. The average molecular weight is 308 g/mol. The van der Waals surface area contributed by atoms with Crippen LogP contribution in [0.4, 0.5) is 0 Å². The molecule has 0 N–H and O–H groups in total. The molecule has 1 aliphatic rings. The van der Waals surface area contributed by atoms with Gasteiger partial charge in [-0.25, -0.2) is 4.79 Å². The van der Waals surface area contributed by atoms with E-state index in [2.05, 4.69) is 43.1 Å². The van der Waals surface area contributed by atoms with Crippen molar-refractivity contribution in [2.24, 2.45) is 0 Å². The molecule has 22 heavy (non-hydrogen) atoms. The van der Waals surface area contributed by atoms with E-state index in [-0.39, 0.29) is 5.97 Å². The molecule has 0 amide bonds. The highest BCUT2D eigenvalue weighted by atomic mass is 28.3. The van der Waals surface area contributed by atoms with Gasteiger partial charge in [-0.05, 0) is 6.92 Å². The van der Waals surface area contributed by atoms with E-state index in [1.807, 2.05) is 43.3 Å². The maximum atomic E-state index is 12.1. The van der Waals surface area contributed by atoms with Crippen molar-refractivity contribution in [1.29, 1.82) is 0 Å². The highest BCUT2D eigenvalue weighted by molar-refractivity contribution is 6.94. The molecule has 3 rings (SSSR count). The Hall–Kier alpha value is -2.13. The van der Waals surface area contributed by atoms with Gasteiger partial charge in [0.25, 0.3) is 0 Å². The first-order valence-corrected chi connectivity index (χ1v) is 10.6. The van der Waals surface area contributed by atoms with Gasteiger partial charge in [0.1, 0.15) is 8.07 Å². The molecule has 2 aromatic carbocycles. The molecule has 1 unspecified atom stereocenters. The zero-order valence-electron chi connectivity index (χ0n) is 13.2. The molecule has 0 radical (unpaired) electrons. The Labute approximate surface area is 132 Å². The van der Waals surface area contributed by atoms with Gasteiger partial charge in [-0.15, -0.1) is 0 Å². The van der Waals surface area contributed by atoms with Crippen LogP contribution in [0.25, 0.3) is 0 Å². The Morgan fingerprint density at radius 3 is 2.05 bits per heavy atom. The number of hydrogen-bond donors (Lipinski definition) is 0. The minimum atomic E-state index is -1.84. The van der Waals surface area contributed by atoms with Crippen LogP contribution in [0.5, 0.6) is 0 Å². The van der Waals surface area contributed by atoms with Crippen LogP contribution in [-0.4, -0.2) is 14.0 Å². The lowest BCUT2D eigenvalue weighted by Crippen LogP contribution is -2.49. The van der Waals surface area contributed by atoms with Gasteiger partial charge in [0.15, 0.2) is 5.60 Å². The van der Waals surface area contributed by atoms with Gasteiger partial charge < -0.3 is 4.74 Å². The summed E-state index contributed by atoms with van der Waals surface area (Å²) in [5, 5.41) is 1.32. The monoisotopic (exact) mass is 308 g/mol. The van der Waals surface area contributed by atoms with Gasteiger partial charge in [-0.2, -0.15) is 0 Å². The predicted octanol–water partition coefficient (Wildman–Crippen LogP) is 3.54. The second-order valence-corrected chi connectivity index (χ2v) is 10.7. The van der Waals surface area contributed by atoms with E-state index < -0.39 is 13.7 Å². The number of carbonyl (C=O) groups excluding carboxylic acids is 1. The summed E-state index contributed by atoms with van der Waals surface area (Å²) in [6, 6.07) is 20.4. The Morgan fingerprint density at radius 2 is 1.50 bits per heavy atom. The summed E-state index contributed by atoms with van der Waals surface area (Å²) in [6.45, 7) is 6.49. The highest BCUT2D eigenvalue weighted by Crippen LogP contribution is 2.43. The standard InChI is InChI=1S/C19H20O2Si/c1-19(15-10-6-4-7-11-15)17(18(20)21-19)14-22(2,3)16-12-8-5-9-13-16/h4-14H,1-3H3/b17-14+. The van der Waals surface area contributed by atoms with Crippen LogP contribution in [0, 0.1) is 0 Å². The lowest BCUT2D eigenvalue weighted by atomic mass is 9.84. The second kappa shape index (κ2) is 5.25. The topological polar surface area (TPSA) is 26.3 Å². The van der Waals surface area contributed by atoms with Crippen molar-refractivity contribution in [3.8, 4) is 0 Å². The van der Waals surface area contributed by atoms with E-state index in [0.717, 1.165) is 11.1 Å². The van der Waals surface area contributed by atoms with E-state index >= 15 is 0 Å². The Balaban J connectivity index is 2.01. The molecule has 0 bridgehead atoms. The number of ether oxygens (including phenoxy) is 1. The SMILES string of the molecule is CC1(c2ccccc2)OC(=O)/C1=C\[Si](C)(C)c1ccccc1. The lowest BCUT2D eigenvalue weighted by Gasteiger charge is -2.41. The van der Waals surface area contributed by atoms with Crippen LogP contribution < -0.4 is 5.19 Å². The van der Waals surface area contributed by atoms with Gasteiger partial charge in [0.05, 0.1) is 5.57 Å². The summed E-state index contributed by atoms with van der Waals surface area (Å²) in [7, 11) is -1.84. The maximum Gasteiger partial charge on any atom is 0.338 e. The van der Waals surface area contributed by atoms with Crippen LogP contribution in [0.3, 0.4) is 0 Å². The molecule has 0 spiro atoms. The van der Waals surface area contributed by atoms with Gasteiger partial charge >= 0.3 is 5.97 Å². The first-order chi connectivity index (χ1) is 10.4. The second-order valence-electron chi connectivity index (χ2n) is 6.43. The van der Waals surface area contributed by atoms with E-state index in [0.29, 0.717) is 0 Å². The van der Waals surface area contributed by atoms with Crippen LogP contribution in [-0.2, 0) is 15.1 Å². The van der Waals surface area contributed by atoms with Crippen molar-refractivity contribution >= 4 is 19.2 Å². The summed E-state index contributed by atoms with van der Waals surface area (Å²) >= 11 is 0. The molecule has 0 aromatic heterocycles. The summed E-state index contributed by atoms with van der Waals surface area (Å²) in [5.74, 6) is -0.192. The first-order valence-electron chi connectivity index (χ1n) is 7.51. The Kier molecular flexibility index (Phi) is 3.53. The van der Waals surface area contributed by atoms with Crippen molar-refractivity contribution < 1.29 is 9.53 Å². The lowest BCUT2D eigenvalue weighted by molar-refractivity contribution is -0.170. The summed E-state index contributed by atoms with van der Waals surface area (Å²) in [6.07, 6.45) is 0. The fraction of sp³-hybridized carbons (Fsp3) is 0.211. The van der Waals surface area contributed by atoms with Crippen LogP contribution in [0.1, 0.15) is 12.5 Å². The fourth-order valence-electron chi connectivity index (χ4n) is 2.92. The third-order valence-corrected chi connectivity index (χ3v) is 7.21. The molecule has 3 heteroatoms. The van der Waals surface area contributed by atoms with Crippen molar-refractivity contribution in [1.82, 2.24) is 0 Å². The van der Waals surface area contributed by atoms with E-state index in [4.69, 9.17) is 4.74 Å². The molecule has 112 valence electrons. The normalized spacial score (nSPS) is 23.0. The number of cyclic esters (lactones) is 1. The third kappa shape index (κ3) is 2.42. The zero-order chi connectivity index (χ0) is 15.8. The molecule has 2 nitrogen and oxygen atoms in total. The Bertz CT molecular complexity index is 720. The van der Waals surface area contributed by atoms with E-state index in [9.17, 15) is 4.79 Å². The largest absolute Gasteiger partial charge is 0.446 e. The molecule has 1 fully saturated rings. The molecule has 0 saturated carbocycles. The number of rotatable bonds is 3. The zero-order valence-corrected chi connectivity index (χ0v) is 14.2. The Morgan fingerprint density at radius 1 is 0.955 bits per heavy atom. The fourth-order valence-corrected chi connectivity index (χ4v) is 5.26. The van der Waals surface area contributed by atoms with Gasteiger partial charge in [-0.3, -0.25) is 0 Å². The van der Waals surface area contributed by atoms with Crippen molar-refractivity contribution in [3.63, 3.8) is 0 Å². The molecular weight excluding hydrogens is 288 g/mol. The third-order valence-electron chi connectivity index (χ3n) is 4.38. The maximum absolute atomic E-state index is 12.1. The molecular formula is C19H20O2Si. The first kappa shape index (κ1) is 14.8. The number of esters is 1. The summed E-state index contributed by atoms with van der Waals surface area (Å²) < 4.78 is 5.52. The number of carbonyl (C=O) groups is 1. The van der Waals surface area contributed by atoms with Gasteiger partial charge in [0, 0.05) is 5.56 Å². The van der Waals surface area contributed by atoms with Crippen LogP contribution in [0.2, 0.25) is 13.1 Å².